The fourth-order valence-corrected chi connectivity index (χ4v) is 5.56. The molecule has 1 aromatic carbocycles. The Balaban J connectivity index is 2.23. The molecule has 0 bridgehead atoms. The number of pyridine rings is 1. The van der Waals surface area contributed by atoms with Crippen LogP contribution in [0.5, 0.6) is 5.75 Å². The molecule has 0 fully saturated rings. The van der Waals surface area contributed by atoms with E-state index in [1.807, 2.05) is 0 Å². The zero-order chi connectivity index (χ0) is 31.3. The average Bonchev–Trinajstić information content (AvgIpc) is 2.81. The zero-order valence-electron chi connectivity index (χ0n) is 22.0. The van der Waals surface area contributed by atoms with Crippen LogP contribution in [0.25, 0.3) is 0 Å². The Labute approximate surface area is 230 Å². The summed E-state index contributed by atoms with van der Waals surface area (Å²) in [4.78, 5) is 26.1. The summed E-state index contributed by atoms with van der Waals surface area (Å²) in [6, 6.07) is 3.01. The van der Waals surface area contributed by atoms with Gasteiger partial charge in [0, 0.05) is 23.5 Å². The van der Waals surface area contributed by atoms with Crippen molar-refractivity contribution in [3.8, 4) is 5.75 Å². The second kappa shape index (κ2) is 10.3. The van der Waals surface area contributed by atoms with E-state index in [1.165, 1.54) is 13.8 Å². The molecular weight excluding hydrogens is 586 g/mol. The number of ether oxygens (including phenoxy) is 1. The Kier molecular flexibility index (Phi) is 7.95. The highest BCUT2D eigenvalue weighted by molar-refractivity contribution is 7.92. The number of hydrogen-bond acceptors (Lipinski definition) is 7. The second-order valence-electron chi connectivity index (χ2n) is 10.4. The van der Waals surface area contributed by atoms with Crippen molar-refractivity contribution >= 4 is 33.4 Å². The third kappa shape index (κ3) is 6.13. The summed E-state index contributed by atoms with van der Waals surface area (Å²) in [6.07, 6.45) is -12.5. The van der Waals surface area contributed by atoms with Gasteiger partial charge in [0.05, 0.1) is 17.8 Å². The van der Waals surface area contributed by atoms with Crippen LogP contribution in [0.2, 0.25) is 0 Å². The monoisotopic (exact) mass is 611 g/mol. The molecule has 0 saturated heterocycles. The Morgan fingerprint density at radius 1 is 1.10 bits per heavy atom. The number of fused-ring (bicyclic) bond motifs is 1. The van der Waals surface area contributed by atoms with Gasteiger partial charge in [0.1, 0.15) is 28.4 Å². The van der Waals surface area contributed by atoms with E-state index in [9.17, 15) is 49.5 Å². The van der Waals surface area contributed by atoms with E-state index < -0.39 is 79.8 Å². The number of sulfonamides is 1. The molecule has 3 rings (SSSR count). The first-order valence-electron chi connectivity index (χ1n) is 11.7. The predicted octanol–water partition coefficient (Wildman–Crippen LogP) is 3.45. The van der Waals surface area contributed by atoms with Gasteiger partial charge < -0.3 is 25.3 Å². The lowest BCUT2D eigenvalue weighted by atomic mass is 9.85. The van der Waals surface area contributed by atoms with E-state index in [2.05, 4.69) is 4.98 Å². The first-order chi connectivity index (χ1) is 18.5. The Hall–Kier alpha value is -3.76. The molecule has 226 valence electrons. The molecule has 17 heteroatoms. The van der Waals surface area contributed by atoms with Crippen molar-refractivity contribution in [2.45, 2.75) is 63.0 Å². The molecule has 41 heavy (non-hydrogen) atoms. The summed E-state index contributed by atoms with van der Waals surface area (Å²) in [5, 5.41) is 11.9. The van der Waals surface area contributed by atoms with Crippen molar-refractivity contribution < 1.29 is 54.2 Å². The second-order valence-corrected chi connectivity index (χ2v) is 12.3. The lowest BCUT2D eigenvalue weighted by Crippen LogP contribution is -2.60. The molecule has 2 heterocycles. The molecule has 1 aromatic heterocycles. The molecule has 2 amide bonds. The fraction of sp³-hybridized carbons (Fsp3) is 0.458. The molecular formula is C24H25F6N4O6S-. The number of halogens is 6. The number of nitrogens with zero attached hydrogens (tertiary/aromatic N) is 3. The molecule has 1 aliphatic heterocycles. The van der Waals surface area contributed by atoms with E-state index in [-0.39, 0.29) is 17.1 Å². The van der Waals surface area contributed by atoms with Gasteiger partial charge in [0.15, 0.2) is 0 Å². The smallest absolute Gasteiger partial charge is 0.417 e. The lowest BCUT2D eigenvalue weighted by molar-refractivity contribution is -0.254. The minimum atomic E-state index is -5.10. The molecule has 2 N–H and O–H groups in total. The number of carbonyl (C=O) groups is 2. The number of carboxylic acid groups (broad SMARTS) is 1. The number of anilines is 2. The fourth-order valence-electron chi connectivity index (χ4n) is 4.07. The molecule has 2 aromatic rings. The van der Waals surface area contributed by atoms with Gasteiger partial charge in [-0.05, 0) is 44.5 Å². The Morgan fingerprint density at radius 2 is 1.71 bits per heavy atom. The van der Waals surface area contributed by atoms with E-state index >= 15 is 0 Å². The van der Waals surface area contributed by atoms with Crippen LogP contribution in [0.3, 0.4) is 0 Å². The van der Waals surface area contributed by atoms with Crippen LogP contribution in [0.4, 0.5) is 42.5 Å². The first kappa shape index (κ1) is 31.8. The zero-order valence-corrected chi connectivity index (χ0v) is 22.8. The van der Waals surface area contributed by atoms with Gasteiger partial charge >= 0.3 is 12.4 Å². The van der Waals surface area contributed by atoms with Crippen LogP contribution in [-0.4, -0.2) is 49.8 Å². The molecule has 0 spiro atoms. The van der Waals surface area contributed by atoms with Crippen LogP contribution in [0.1, 0.15) is 39.7 Å². The number of nitrogens with two attached hydrogens (primary N) is 1. The Morgan fingerprint density at radius 3 is 2.22 bits per heavy atom. The minimum absolute atomic E-state index is 0.133. The van der Waals surface area contributed by atoms with Gasteiger partial charge in [0.25, 0.3) is 10.0 Å². The molecule has 0 radical (unpaired) electrons. The quantitative estimate of drug-likeness (QED) is 0.472. The van der Waals surface area contributed by atoms with Gasteiger partial charge in [-0.2, -0.15) is 26.3 Å². The van der Waals surface area contributed by atoms with E-state index in [1.54, 1.807) is 0 Å². The van der Waals surface area contributed by atoms with Crippen molar-refractivity contribution in [2.24, 2.45) is 11.1 Å². The SMILES string of the molecule is CC(C)(C[C@H]1CN(S(=O)(=O)c2cncc(C(F)(F)F)c2)c2cc(N(C(=O)[O-])C(C)(C)C(F)(F)F)ccc2O1)C(N)=O. The van der Waals surface area contributed by atoms with Gasteiger partial charge in [-0.15, -0.1) is 0 Å². The molecule has 0 saturated carbocycles. The predicted molar refractivity (Wildman–Crippen MR) is 130 cm³/mol. The summed E-state index contributed by atoms with van der Waals surface area (Å²) in [5.41, 5.74) is -1.39. The van der Waals surface area contributed by atoms with Gasteiger partial charge in [-0.25, -0.2) is 8.42 Å². The van der Waals surface area contributed by atoms with Crippen molar-refractivity contribution in [1.29, 1.82) is 0 Å². The number of benzene rings is 1. The maximum atomic E-state index is 13.8. The molecule has 1 atom stereocenters. The minimum Gasteiger partial charge on any atom is -0.530 e. The number of alkyl halides is 6. The molecule has 0 unspecified atom stereocenters. The molecule has 0 aliphatic carbocycles. The highest BCUT2D eigenvalue weighted by Crippen LogP contribution is 2.44. The van der Waals surface area contributed by atoms with Crippen LogP contribution in [0, 0.1) is 5.41 Å². The average molecular weight is 612 g/mol. The number of carbonyl (C=O) groups excluding carboxylic acids is 2. The van der Waals surface area contributed by atoms with Crippen molar-refractivity contribution in [3.63, 3.8) is 0 Å². The van der Waals surface area contributed by atoms with Crippen LogP contribution >= 0.6 is 0 Å². The lowest BCUT2D eigenvalue weighted by Gasteiger charge is -2.43. The summed E-state index contributed by atoms with van der Waals surface area (Å²) in [7, 11) is -4.92. The molecule has 10 nitrogen and oxygen atoms in total. The van der Waals surface area contributed by atoms with Gasteiger partial charge in [0.2, 0.25) is 5.91 Å². The summed E-state index contributed by atoms with van der Waals surface area (Å²) < 4.78 is 115. The number of hydrogen-bond donors (Lipinski definition) is 1. The van der Waals surface area contributed by atoms with Crippen molar-refractivity contribution in [2.75, 3.05) is 15.7 Å². The van der Waals surface area contributed by atoms with Crippen LogP contribution in [-0.2, 0) is 21.0 Å². The third-order valence-corrected chi connectivity index (χ3v) is 8.35. The van der Waals surface area contributed by atoms with Crippen LogP contribution < -0.4 is 24.8 Å². The Bertz CT molecular complexity index is 1460. The maximum Gasteiger partial charge on any atom is 0.417 e. The number of aromatic nitrogens is 1. The topological polar surface area (TPSA) is 146 Å². The van der Waals surface area contributed by atoms with Crippen LogP contribution in [0.15, 0.2) is 41.6 Å². The number of rotatable bonds is 7. The van der Waals surface area contributed by atoms with E-state index in [4.69, 9.17) is 10.5 Å². The van der Waals surface area contributed by atoms with E-state index in [0.717, 1.165) is 18.2 Å². The standard InChI is InChI=1S/C24H26F6N4O6S/c1-21(2,19(31)35)9-15-12-33(41(38,39)16-7-13(10-32-11-16)23(25,26)27)17-8-14(5-6-18(17)40-15)34(20(36)37)22(3,4)24(28,29)30/h5-8,10-11,15H,9,12H2,1-4H3,(H2,31,35)(H,36,37)/p-1/t15-/m0/s1. The summed E-state index contributed by atoms with van der Waals surface area (Å²) in [6.45, 7) is 3.39. The number of primary amides is 1. The highest BCUT2D eigenvalue weighted by atomic mass is 32.2. The van der Waals surface area contributed by atoms with Gasteiger partial charge in [-0.3, -0.25) is 14.1 Å². The highest BCUT2D eigenvalue weighted by Gasteiger charge is 2.52. The van der Waals surface area contributed by atoms with Crippen molar-refractivity contribution in [3.05, 3.63) is 42.2 Å². The van der Waals surface area contributed by atoms with Crippen molar-refractivity contribution in [1.82, 2.24) is 4.98 Å². The normalized spacial score (nSPS) is 16.5. The van der Waals surface area contributed by atoms with E-state index in [0.29, 0.717) is 36.6 Å². The largest absolute Gasteiger partial charge is 0.530 e. The first-order valence-corrected chi connectivity index (χ1v) is 13.2. The number of amides is 2. The molecule has 1 aliphatic rings. The third-order valence-electron chi connectivity index (χ3n) is 6.60. The maximum absolute atomic E-state index is 13.8. The van der Waals surface area contributed by atoms with Gasteiger partial charge in [-0.1, -0.05) is 13.8 Å². The summed E-state index contributed by atoms with van der Waals surface area (Å²) in [5.74, 6) is -1.03. The summed E-state index contributed by atoms with van der Waals surface area (Å²) >= 11 is 0.